The van der Waals surface area contributed by atoms with Crippen LogP contribution in [-0.2, 0) is 14.3 Å². The minimum absolute atomic E-state index is 0.135. The standard InChI is InChI=1S/C9H17NO4S/c1-7(9(12)13)15-6-8(11)10-4-3-5-14-2/h7H,3-6H2,1-2H3,(H,10,11)(H,12,13). The Bertz CT molecular complexity index is 210. The van der Waals surface area contributed by atoms with Crippen molar-refractivity contribution in [2.24, 2.45) is 0 Å². The molecule has 15 heavy (non-hydrogen) atoms. The lowest BCUT2D eigenvalue weighted by atomic mass is 10.4. The fourth-order valence-electron chi connectivity index (χ4n) is 0.767. The van der Waals surface area contributed by atoms with Crippen molar-refractivity contribution in [3.63, 3.8) is 0 Å². The van der Waals surface area contributed by atoms with Gasteiger partial charge in [0, 0.05) is 20.3 Å². The fraction of sp³-hybridized carbons (Fsp3) is 0.778. The first-order chi connectivity index (χ1) is 7.07. The number of methoxy groups -OCH3 is 1. The van der Waals surface area contributed by atoms with Gasteiger partial charge < -0.3 is 15.2 Å². The van der Waals surface area contributed by atoms with Crippen molar-refractivity contribution in [2.45, 2.75) is 18.6 Å². The van der Waals surface area contributed by atoms with E-state index in [0.29, 0.717) is 13.2 Å². The number of amides is 1. The number of hydrogen-bond donors (Lipinski definition) is 2. The third kappa shape index (κ3) is 8.26. The van der Waals surface area contributed by atoms with Gasteiger partial charge in [-0.3, -0.25) is 9.59 Å². The van der Waals surface area contributed by atoms with Crippen LogP contribution in [0.4, 0.5) is 0 Å². The fourth-order valence-corrected chi connectivity index (χ4v) is 1.41. The van der Waals surface area contributed by atoms with E-state index in [9.17, 15) is 9.59 Å². The minimum atomic E-state index is -0.896. The minimum Gasteiger partial charge on any atom is -0.480 e. The van der Waals surface area contributed by atoms with Gasteiger partial charge in [-0.25, -0.2) is 0 Å². The number of carbonyl (C=O) groups excluding carboxylic acids is 1. The molecule has 0 aliphatic rings. The summed E-state index contributed by atoms with van der Waals surface area (Å²) in [4.78, 5) is 21.6. The van der Waals surface area contributed by atoms with Crippen LogP contribution < -0.4 is 5.32 Å². The van der Waals surface area contributed by atoms with Crippen LogP contribution in [-0.4, -0.2) is 48.2 Å². The number of hydrogen-bond acceptors (Lipinski definition) is 4. The van der Waals surface area contributed by atoms with Crippen molar-refractivity contribution in [1.82, 2.24) is 5.32 Å². The molecule has 1 unspecified atom stereocenters. The summed E-state index contributed by atoms with van der Waals surface area (Å²) in [7, 11) is 1.60. The normalized spacial score (nSPS) is 12.1. The predicted octanol–water partition coefficient (Wildman–Crippen LogP) is 0.345. The van der Waals surface area contributed by atoms with E-state index in [4.69, 9.17) is 9.84 Å². The number of thioether (sulfide) groups is 1. The molecule has 1 amide bonds. The van der Waals surface area contributed by atoms with Gasteiger partial charge in [-0.05, 0) is 13.3 Å². The highest BCUT2D eigenvalue weighted by Crippen LogP contribution is 2.09. The Hall–Kier alpha value is -0.750. The maximum atomic E-state index is 11.2. The van der Waals surface area contributed by atoms with Gasteiger partial charge in [0.05, 0.1) is 11.0 Å². The molecule has 0 rings (SSSR count). The summed E-state index contributed by atoms with van der Waals surface area (Å²) in [6.45, 7) is 2.73. The van der Waals surface area contributed by atoms with Crippen molar-refractivity contribution in [1.29, 1.82) is 0 Å². The van der Waals surface area contributed by atoms with E-state index in [1.165, 1.54) is 0 Å². The molecule has 88 valence electrons. The van der Waals surface area contributed by atoms with Crippen LogP contribution in [0.2, 0.25) is 0 Å². The summed E-state index contributed by atoms with van der Waals surface area (Å²) in [5.41, 5.74) is 0. The zero-order valence-electron chi connectivity index (χ0n) is 8.99. The molecule has 0 aliphatic heterocycles. The average Bonchev–Trinajstić information content (AvgIpc) is 2.20. The number of nitrogens with one attached hydrogen (secondary N) is 1. The quantitative estimate of drug-likeness (QED) is 0.594. The molecule has 2 N–H and O–H groups in total. The molecule has 0 spiro atoms. The van der Waals surface area contributed by atoms with E-state index in [0.717, 1.165) is 18.2 Å². The first kappa shape index (κ1) is 14.2. The lowest BCUT2D eigenvalue weighted by Gasteiger charge is -2.06. The largest absolute Gasteiger partial charge is 0.480 e. The number of aliphatic carboxylic acids is 1. The van der Waals surface area contributed by atoms with Gasteiger partial charge in [-0.2, -0.15) is 0 Å². The number of ether oxygens (including phenoxy) is 1. The van der Waals surface area contributed by atoms with Crippen LogP contribution in [0.3, 0.4) is 0 Å². The Morgan fingerprint density at radius 2 is 2.20 bits per heavy atom. The summed E-state index contributed by atoms with van der Waals surface area (Å²) >= 11 is 1.11. The number of carboxylic acid groups (broad SMARTS) is 1. The van der Waals surface area contributed by atoms with Crippen LogP contribution in [0.1, 0.15) is 13.3 Å². The molecule has 0 bridgehead atoms. The SMILES string of the molecule is COCCCNC(=O)CSC(C)C(=O)O. The summed E-state index contributed by atoms with van der Waals surface area (Å²) in [6.07, 6.45) is 0.765. The molecule has 0 heterocycles. The van der Waals surface area contributed by atoms with Gasteiger partial charge in [0.25, 0.3) is 0 Å². The van der Waals surface area contributed by atoms with Crippen molar-refractivity contribution in [3.05, 3.63) is 0 Å². The third-order valence-corrected chi connectivity index (χ3v) is 2.79. The molecular formula is C9H17NO4S. The summed E-state index contributed by atoms with van der Waals surface area (Å²) in [5, 5.41) is 10.7. The summed E-state index contributed by atoms with van der Waals surface area (Å²) in [5.74, 6) is -0.850. The number of carboxylic acids is 1. The van der Waals surface area contributed by atoms with Gasteiger partial charge in [-0.15, -0.1) is 11.8 Å². The molecule has 0 aliphatic carbocycles. The maximum absolute atomic E-state index is 11.2. The van der Waals surface area contributed by atoms with E-state index in [2.05, 4.69) is 5.32 Å². The van der Waals surface area contributed by atoms with Gasteiger partial charge >= 0.3 is 5.97 Å². The van der Waals surface area contributed by atoms with Crippen LogP contribution >= 0.6 is 11.8 Å². The summed E-state index contributed by atoms with van der Waals surface area (Å²) in [6, 6.07) is 0. The molecule has 0 saturated heterocycles. The van der Waals surface area contributed by atoms with E-state index in [1.807, 2.05) is 0 Å². The van der Waals surface area contributed by atoms with E-state index in [1.54, 1.807) is 14.0 Å². The molecule has 0 radical (unpaired) electrons. The topological polar surface area (TPSA) is 75.6 Å². The van der Waals surface area contributed by atoms with Gasteiger partial charge in [0.1, 0.15) is 0 Å². The predicted molar refractivity (Wildman–Crippen MR) is 59.1 cm³/mol. The van der Waals surface area contributed by atoms with Crippen molar-refractivity contribution >= 4 is 23.6 Å². The highest BCUT2D eigenvalue weighted by atomic mass is 32.2. The van der Waals surface area contributed by atoms with E-state index in [-0.39, 0.29) is 11.7 Å². The smallest absolute Gasteiger partial charge is 0.316 e. The van der Waals surface area contributed by atoms with Crippen LogP contribution in [0, 0.1) is 0 Å². The van der Waals surface area contributed by atoms with Crippen LogP contribution in [0.15, 0.2) is 0 Å². The van der Waals surface area contributed by atoms with E-state index < -0.39 is 11.2 Å². The molecule has 0 aromatic rings. The second kappa shape index (κ2) is 8.55. The monoisotopic (exact) mass is 235 g/mol. The first-order valence-corrected chi connectivity index (χ1v) is 5.73. The average molecular weight is 235 g/mol. The lowest BCUT2D eigenvalue weighted by Crippen LogP contribution is -2.28. The number of rotatable bonds is 8. The Labute approximate surface area is 93.6 Å². The maximum Gasteiger partial charge on any atom is 0.316 e. The van der Waals surface area contributed by atoms with Gasteiger partial charge in [-0.1, -0.05) is 0 Å². The van der Waals surface area contributed by atoms with Gasteiger partial charge in [0.15, 0.2) is 0 Å². The highest BCUT2D eigenvalue weighted by molar-refractivity contribution is 8.01. The van der Waals surface area contributed by atoms with Crippen LogP contribution in [0.25, 0.3) is 0 Å². The Morgan fingerprint density at radius 3 is 2.73 bits per heavy atom. The second-order valence-electron chi connectivity index (χ2n) is 2.99. The third-order valence-electron chi connectivity index (χ3n) is 1.66. The molecule has 1 atom stereocenters. The molecule has 5 nitrogen and oxygen atoms in total. The second-order valence-corrected chi connectivity index (χ2v) is 4.32. The summed E-state index contributed by atoms with van der Waals surface area (Å²) < 4.78 is 4.82. The Morgan fingerprint density at radius 1 is 1.53 bits per heavy atom. The molecule has 0 saturated carbocycles. The number of carbonyl (C=O) groups is 2. The Kier molecular flexibility index (Phi) is 8.12. The van der Waals surface area contributed by atoms with Crippen molar-refractivity contribution < 1.29 is 19.4 Å². The zero-order chi connectivity index (χ0) is 11.7. The van der Waals surface area contributed by atoms with E-state index >= 15 is 0 Å². The molecule has 0 fully saturated rings. The van der Waals surface area contributed by atoms with Gasteiger partial charge in [0.2, 0.25) is 5.91 Å². The highest BCUT2D eigenvalue weighted by Gasteiger charge is 2.12. The first-order valence-electron chi connectivity index (χ1n) is 4.68. The van der Waals surface area contributed by atoms with Crippen molar-refractivity contribution in [2.75, 3.05) is 26.0 Å². The van der Waals surface area contributed by atoms with Crippen molar-refractivity contribution in [3.8, 4) is 0 Å². The molecule has 0 aromatic carbocycles. The zero-order valence-corrected chi connectivity index (χ0v) is 9.80. The molecular weight excluding hydrogens is 218 g/mol. The Balaban J connectivity index is 3.45. The molecule has 0 aromatic heterocycles. The lowest BCUT2D eigenvalue weighted by molar-refractivity contribution is -0.136. The molecule has 6 heteroatoms. The van der Waals surface area contributed by atoms with Crippen LogP contribution in [0.5, 0.6) is 0 Å².